The van der Waals surface area contributed by atoms with E-state index in [1.807, 2.05) is 6.92 Å². The van der Waals surface area contributed by atoms with E-state index < -0.39 is 17.8 Å². The number of rotatable bonds is 5. The summed E-state index contributed by atoms with van der Waals surface area (Å²) in [5, 5.41) is 11.8. The van der Waals surface area contributed by atoms with Gasteiger partial charge in [0.05, 0.1) is 5.92 Å². The summed E-state index contributed by atoms with van der Waals surface area (Å²) in [5.74, 6) is -1.78. The molecule has 4 N–H and O–H groups in total. The van der Waals surface area contributed by atoms with Gasteiger partial charge in [-0.05, 0) is 30.7 Å². The fraction of sp³-hybridized carbons (Fsp3) is 0.333. The Morgan fingerprint density at radius 1 is 1.47 bits per heavy atom. The number of benzene rings is 1. The second kappa shape index (κ2) is 5.34. The lowest BCUT2D eigenvalue weighted by molar-refractivity contribution is -0.140. The zero-order valence-corrected chi connectivity index (χ0v) is 9.86. The van der Waals surface area contributed by atoms with Gasteiger partial charge in [-0.25, -0.2) is 0 Å². The molecule has 0 bridgehead atoms. The molecule has 92 valence electrons. The summed E-state index contributed by atoms with van der Waals surface area (Å²) < 4.78 is 0. The van der Waals surface area contributed by atoms with Crippen molar-refractivity contribution >= 4 is 17.6 Å². The maximum absolute atomic E-state index is 10.9. The van der Waals surface area contributed by atoms with E-state index in [-0.39, 0.29) is 0 Å². The number of carboxylic acids is 1. The second-order valence-corrected chi connectivity index (χ2v) is 4.01. The first-order valence-corrected chi connectivity index (χ1v) is 5.29. The molecule has 0 fully saturated rings. The first-order valence-electron chi connectivity index (χ1n) is 5.29. The van der Waals surface area contributed by atoms with Crippen molar-refractivity contribution < 1.29 is 14.7 Å². The topological polar surface area (TPSA) is 92.4 Å². The zero-order valence-electron chi connectivity index (χ0n) is 9.86. The summed E-state index contributed by atoms with van der Waals surface area (Å²) in [4.78, 5) is 21.6. The molecule has 0 aliphatic heterocycles. The average molecular weight is 236 g/mol. The third kappa shape index (κ3) is 3.48. The van der Waals surface area contributed by atoms with Crippen molar-refractivity contribution in [1.29, 1.82) is 0 Å². The predicted octanol–water partition coefficient (Wildman–Crippen LogP) is 1.23. The van der Waals surface area contributed by atoms with Crippen LogP contribution in [0.5, 0.6) is 0 Å². The van der Waals surface area contributed by atoms with E-state index in [0.717, 1.165) is 11.3 Å². The van der Waals surface area contributed by atoms with Crippen LogP contribution in [0.1, 0.15) is 22.8 Å². The van der Waals surface area contributed by atoms with E-state index >= 15 is 0 Å². The van der Waals surface area contributed by atoms with Gasteiger partial charge in [0.2, 0.25) is 5.91 Å². The molecule has 0 saturated carbocycles. The third-order valence-corrected chi connectivity index (χ3v) is 2.53. The maximum Gasteiger partial charge on any atom is 0.308 e. The minimum Gasteiger partial charge on any atom is -0.481 e. The van der Waals surface area contributed by atoms with Gasteiger partial charge >= 0.3 is 5.97 Å². The Balaban J connectivity index is 2.73. The lowest BCUT2D eigenvalue weighted by Gasteiger charge is -2.12. The van der Waals surface area contributed by atoms with Gasteiger partial charge in [-0.2, -0.15) is 0 Å². The van der Waals surface area contributed by atoms with Gasteiger partial charge < -0.3 is 16.2 Å². The van der Waals surface area contributed by atoms with E-state index in [1.165, 1.54) is 0 Å². The van der Waals surface area contributed by atoms with E-state index in [4.69, 9.17) is 10.8 Å². The highest BCUT2D eigenvalue weighted by atomic mass is 16.4. The van der Waals surface area contributed by atoms with Crippen LogP contribution < -0.4 is 11.1 Å². The van der Waals surface area contributed by atoms with Crippen molar-refractivity contribution in [3.05, 3.63) is 29.3 Å². The standard InChI is InChI=1S/C12H16N2O3/c1-7-5-9(11(13)15)3-4-10(7)14-6-8(2)12(16)17/h3-5,8,14H,6H2,1-2H3,(H2,13,15)(H,16,17). The first kappa shape index (κ1) is 13.0. The molecule has 1 rings (SSSR count). The molecule has 1 aromatic carbocycles. The molecule has 1 unspecified atom stereocenters. The Hall–Kier alpha value is -2.04. The number of amides is 1. The molecule has 0 heterocycles. The van der Waals surface area contributed by atoms with E-state index in [0.29, 0.717) is 12.1 Å². The lowest BCUT2D eigenvalue weighted by atomic mass is 10.1. The quantitative estimate of drug-likeness (QED) is 0.716. The largest absolute Gasteiger partial charge is 0.481 e. The lowest BCUT2D eigenvalue weighted by Crippen LogP contribution is -2.20. The molecule has 1 atom stereocenters. The van der Waals surface area contributed by atoms with Gasteiger partial charge in [-0.3, -0.25) is 9.59 Å². The van der Waals surface area contributed by atoms with Crippen LogP contribution in [-0.4, -0.2) is 23.5 Å². The van der Waals surface area contributed by atoms with Crippen LogP contribution in [0.2, 0.25) is 0 Å². The van der Waals surface area contributed by atoms with Crippen LogP contribution in [0, 0.1) is 12.8 Å². The Kier molecular flexibility index (Phi) is 4.09. The molecule has 0 radical (unpaired) electrons. The Bertz CT molecular complexity index is 443. The maximum atomic E-state index is 10.9. The molecular weight excluding hydrogens is 220 g/mol. The van der Waals surface area contributed by atoms with Crippen LogP contribution in [0.4, 0.5) is 5.69 Å². The number of carbonyl (C=O) groups excluding carboxylic acids is 1. The summed E-state index contributed by atoms with van der Waals surface area (Å²) in [6, 6.07) is 5.02. The highest BCUT2D eigenvalue weighted by molar-refractivity contribution is 5.93. The Morgan fingerprint density at radius 2 is 2.12 bits per heavy atom. The van der Waals surface area contributed by atoms with Crippen molar-refractivity contribution in [1.82, 2.24) is 0 Å². The van der Waals surface area contributed by atoms with Crippen LogP contribution >= 0.6 is 0 Å². The molecular formula is C12H16N2O3. The van der Waals surface area contributed by atoms with Crippen molar-refractivity contribution in [2.45, 2.75) is 13.8 Å². The van der Waals surface area contributed by atoms with E-state index in [9.17, 15) is 9.59 Å². The number of hydrogen-bond donors (Lipinski definition) is 3. The highest BCUT2D eigenvalue weighted by Gasteiger charge is 2.11. The predicted molar refractivity (Wildman–Crippen MR) is 65.0 cm³/mol. The molecule has 5 nitrogen and oxygen atoms in total. The van der Waals surface area contributed by atoms with Gasteiger partial charge in [0.15, 0.2) is 0 Å². The van der Waals surface area contributed by atoms with Gasteiger partial charge in [0, 0.05) is 17.8 Å². The number of carboxylic acid groups (broad SMARTS) is 1. The molecule has 1 amide bonds. The van der Waals surface area contributed by atoms with Crippen LogP contribution in [0.25, 0.3) is 0 Å². The molecule has 0 aliphatic rings. The number of nitrogens with one attached hydrogen (secondary N) is 1. The molecule has 1 aromatic rings. The molecule has 5 heteroatoms. The number of carbonyl (C=O) groups is 2. The number of nitrogens with two attached hydrogens (primary N) is 1. The summed E-state index contributed by atoms with van der Waals surface area (Å²) in [6.45, 7) is 3.80. The van der Waals surface area contributed by atoms with Crippen molar-refractivity contribution in [3.8, 4) is 0 Å². The van der Waals surface area contributed by atoms with Crippen molar-refractivity contribution in [3.63, 3.8) is 0 Å². The minimum atomic E-state index is -0.844. The molecule has 17 heavy (non-hydrogen) atoms. The fourth-order valence-electron chi connectivity index (χ4n) is 1.37. The molecule has 0 saturated heterocycles. The minimum absolute atomic E-state index is 0.339. The van der Waals surface area contributed by atoms with Crippen LogP contribution in [0.3, 0.4) is 0 Å². The summed E-state index contributed by atoms with van der Waals surface area (Å²) >= 11 is 0. The first-order chi connectivity index (χ1) is 7.91. The summed E-state index contributed by atoms with van der Waals surface area (Å²) in [7, 11) is 0. The summed E-state index contributed by atoms with van der Waals surface area (Å²) in [6.07, 6.45) is 0. The van der Waals surface area contributed by atoms with Crippen LogP contribution in [-0.2, 0) is 4.79 Å². The van der Waals surface area contributed by atoms with E-state index in [2.05, 4.69) is 5.32 Å². The number of aryl methyl sites for hydroxylation is 1. The van der Waals surface area contributed by atoms with Gasteiger partial charge in [-0.1, -0.05) is 6.92 Å². The molecule has 0 aliphatic carbocycles. The van der Waals surface area contributed by atoms with Gasteiger partial charge in [0.25, 0.3) is 0 Å². The number of primary amides is 1. The van der Waals surface area contributed by atoms with Gasteiger partial charge in [-0.15, -0.1) is 0 Å². The highest BCUT2D eigenvalue weighted by Crippen LogP contribution is 2.16. The Morgan fingerprint density at radius 3 is 2.59 bits per heavy atom. The average Bonchev–Trinajstić information content (AvgIpc) is 2.26. The normalized spacial score (nSPS) is 11.9. The number of hydrogen-bond acceptors (Lipinski definition) is 3. The molecule has 0 spiro atoms. The smallest absolute Gasteiger partial charge is 0.308 e. The second-order valence-electron chi connectivity index (χ2n) is 4.01. The van der Waals surface area contributed by atoms with Gasteiger partial charge in [0.1, 0.15) is 0 Å². The van der Waals surface area contributed by atoms with Crippen molar-refractivity contribution in [2.75, 3.05) is 11.9 Å². The number of aliphatic carboxylic acids is 1. The molecule has 0 aromatic heterocycles. The van der Waals surface area contributed by atoms with E-state index in [1.54, 1.807) is 25.1 Å². The number of anilines is 1. The van der Waals surface area contributed by atoms with Crippen LogP contribution in [0.15, 0.2) is 18.2 Å². The Labute approximate surface area is 99.6 Å². The zero-order chi connectivity index (χ0) is 13.0. The van der Waals surface area contributed by atoms with Crippen molar-refractivity contribution in [2.24, 2.45) is 11.7 Å². The monoisotopic (exact) mass is 236 g/mol. The fourth-order valence-corrected chi connectivity index (χ4v) is 1.37. The SMILES string of the molecule is Cc1cc(C(N)=O)ccc1NCC(C)C(=O)O. The summed E-state index contributed by atoms with van der Waals surface area (Å²) in [5.41, 5.74) is 7.27. The third-order valence-electron chi connectivity index (χ3n) is 2.53.